The van der Waals surface area contributed by atoms with Gasteiger partial charge in [-0.2, -0.15) is 0 Å². The van der Waals surface area contributed by atoms with E-state index >= 15 is 0 Å². The van der Waals surface area contributed by atoms with E-state index in [1.54, 1.807) is 19.2 Å². The summed E-state index contributed by atoms with van der Waals surface area (Å²) in [4.78, 5) is 23.0. The molecule has 1 aromatic carbocycles. The number of hydrogen-bond acceptors (Lipinski definition) is 3. The predicted molar refractivity (Wildman–Crippen MR) is 75.7 cm³/mol. The Hall–Kier alpha value is -1.88. The Kier molecular flexibility index (Phi) is 6.02. The third-order valence-corrected chi connectivity index (χ3v) is 2.91. The number of carbonyl (C=O) groups excluding carboxylic acids is 2. The Morgan fingerprint density at radius 3 is 2.42 bits per heavy atom. The molecule has 0 saturated heterocycles. The number of benzene rings is 1. The summed E-state index contributed by atoms with van der Waals surface area (Å²) in [5.74, 6) is -0.173. The molecule has 0 bridgehead atoms. The second kappa shape index (κ2) is 7.53. The van der Waals surface area contributed by atoms with E-state index in [1.807, 2.05) is 19.1 Å². The van der Waals surface area contributed by atoms with Crippen molar-refractivity contribution in [2.75, 3.05) is 18.9 Å². The molecule has 19 heavy (non-hydrogen) atoms. The normalized spacial score (nSPS) is 11.7. The molecule has 0 radical (unpaired) electrons. The van der Waals surface area contributed by atoms with Crippen molar-refractivity contribution >= 4 is 17.5 Å². The van der Waals surface area contributed by atoms with Crippen molar-refractivity contribution in [3.05, 3.63) is 29.8 Å². The van der Waals surface area contributed by atoms with E-state index in [4.69, 9.17) is 5.73 Å². The molecule has 0 saturated carbocycles. The minimum Gasteiger partial charge on any atom is -0.359 e. The Balaban J connectivity index is 2.57. The van der Waals surface area contributed by atoms with Gasteiger partial charge >= 0.3 is 0 Å². The number of carbonyl (C=O) groups is 2. The summed E-state index contributed by atoms with van der Waals surface area (Å²) in [6, 6.07) is 7.26. The first-order chi connectivity index (χ1) is 9.06. The molecule has 1 aromatic rings. The third kappa shape index (κ3) is 5.09. The lowest BCUT2D eigenvalue weighted by Crippen LogP contribution is -2.22. The average molecular weight is 263 g/mol. The molecular formula is C14H21N3O2. The van der Waals surface area contributed by atoms with Gasteiger partial charge in [-0.3, -0.25) is 9.59 Å². The molecular weight excluding hydrogens is 242 g/mol. The van der Waals surface area contributed by atoms with E-state index in [2.05, 4.69) is 10.6 Å². The minimum atomic E-state index is -0.101. The van der Waals surface area contributed by atoms with Crippen LogP contribution < -0.4 is 16.4 Å². The van der Waals surface area contributed by atoms with Crippen LogP contribution in [0, 0.1) is 5.92 Å². The number of hydrogen-bond donors (Lipinski definition) is 3. The van der Waals surface area contributed by atoms with Crippen LogP contribution in [0.5, 0.6) is 0 Å². The quantitative estimate of drug-likeness (QED) is 0.713. The van der Waals surface area contributed by atoms with Crippen LogP contribution in [0.2, 0.25) is 0 Å². The van der Waals surface area contributed by atoms with Crippen LogP contribution in [0.25, 0.3) is 0 Å². The van der Waals surface area contributed by atoms with E-state index < -0.39 is 0 Å². The molecule has 0 aromatic heterocycles. The van der Waals surface area contributed by atoms with E-state index in [0.717, 1.165) is 11.3 Å². The predicted octanol–water partition coefficient (Wildman–Crippen LogP) is 0.898. The van der Waals surface area contributed by atoms with E-state index in [9.17, 15) is 9.59 Å². The van der Waals surface area contributed by atoms with Gasteiger partial charge in [0.05, 0.1) is 6.42 Å². The van der Waals surface area contributed by atoms with Crippen LogP contribution in [0.15, 0.2) is 24.3 Å². The summed E-state index contributed by atoms with van der Waals surface area (Å²) in [5, 5.41) is 5.39. The molecule has 1 unspecified atom stereocenters. The zero-order chi connectivity index (χ0) is 14.3. The van der Waals surface area contributed by atoms with Gasteiger partial charge in [-0.05, 0) is 30.7 Å². The average Bonchev–Trinajstić information content (AvgIpc) is 2.41. The highest BCUT2D eigenvalue weighted by Crippen LogP contribution is 2.12. The van der Waals surface area contributed by atoms with Crippen molar-refractivity contribution in [2.45, 2.75) is 19.8 Å². The lowest BCUT2D eigenvalue weighted by atomic mass is 10.1. The van der Waals surface area contributed by atoms with Crippen LogP contribution in [0.4, 0.5) is 5.69 Å². The Bertz CT molecular complexity index is 429. The van der Waals surface area contributed by atoms with E-state index in [-0.39, 0.29) is 17.7 Å². The lowest BCUT2D eigenvalue weighted by Gasteiger charge is -2.11. The zero-order valence-electron chi connectivity index (χ0n) is 11.4. The van der Waals surface area contributed by atoms with Crippen molar-refractivity contribution < 1.29 is 9.59 Å². The second-order valence-corrected chi connectivity index (χ2v) is 4.51. The van der Waals surface area contributed by atoms with E-state index in [1.165, 1.54) is 0 Å². The Labute approximate surface area is 113 Å². The summed E-state index contributed by atoms with van der Waals surface area (Å²) in [7, 11) is 1.61. The minimum absolute atomic E-state index is 0.0339. The molecule has 2 amide bonds. The summed E-state index contributed by atoms with van der Waals surface area (Å²) >= 11 is 0. The van der Waals surface area contributed by atoms with Crippen LogP contribution in [0.1, 0.15) is 18.9 Å². The zero-order valence-corrected chi connectivity index (χ0v) is 11.4. The standard InChI is InChI=1S/C14H21N3O2/c1-10(7-8-15)14(19)17-12-5-3-11(4-6-12)9-13(18)16-2/h3-6,10H,7-9,15H2,1-2H3,(H,16,18)(H,17,19). The van der Waals surface area contributed by atoms with Crippen LogP contribution >= 0.6 is 0 Å². The van der Waals surface area contributed by atoms with Crippen molar-refractivity contribution in [3.8, 4) is 0 Å². The molecule has 0 spiro atoms. The molecule has 0 heterocycles. The first-order valence-corrected chi connectivity index (χ1v) is 6.37. The molecule has 0 aliphatic carbocycles. The van der Waals surface area contributed by atoms with Gasteiger partial charge in [0.25, 0.3) is 0 Å². The molecule has 0 aliphatic rings. The highest BCUT2D eigenvalue weighted by Gasteiger charge is 2.11. The van der Waals surface area contributed by atoms with Crippen LogP contribution in [-0.4, -0.2) is 25.4 Å². The van der Waals surface area contributed by atoms with Crippen molar-refractivity contribution in [3.63, 3.8) is 0 Å². The summed E-state index contributed by atoms with van der Waals surface area (Å²) in [5.41, 5.74) is 7.06. The fraction of sp³-hybridized carbons (Fsp3) is 0.429. The molecule has 4 N–H and O–H groups in total. The van der Waals surface area contributed by atoms with Gasteiger partial charge in [0, 0.05) is 18.7 Å². The number of rotatable bonds is 6. The summed E-state index contributed by atoms with van der Waals surface area (Å²) < 4.78 is 0. The third-order valence-electron chi connectivity index (χ3n) is 2.91. The first-order valence-electron chi connectivity index (χ1n) is 6.37. The largest absolute Gasteiger partial charge is 0.359 e. The molecule has 5 nitrogen and oxygen atoms in total. The highest BCUT2D eigenvalue weighted by molar-refractivity contribution is 5.92. The molecule has 104 valence electrons. The topological polar surface area (TPSA) is 84.2 Å². The van der Waals surface area contributed by atoms with Crippen molar-refractivity contribution in [1.29, 1.82) is 0 Å². The maximum atomic E-state index is 11.8. The number of nitrogens with two attached hydrogens (primary N) is 1. The van der Waals surface area contributed by atoms with Crippen LogP contribution in [-0.2, 0) is 16.0 Å². The Morgan fingerprint density at radius 1 is 1.26 bits per heavy atom. The van der Waals surface area contributed by atoms with Gasteiger partial charge in [0.2, 0.25) is 11.8 Å². The second-order valence-electron chi connectivity index (χ2n) is 4.51. The van der Waals surface area contributed by atoms with Gasteiger partial charge < -0.3 is 16.4 Å². The maximum absolute atomic E-state index is 11.8. The van der Waals surface area contributed by atoms with Gasteiger partial charge in [0.15, 0.2) is 0 Å². The summed E-state index contributed by atoms with van der Waals surface area (Å²) in [6.07, 6.45) is 1.01. The molecule has 0 aliphatic heterocycles. The van der Waals surface area contributed by atoms with Crippen LogP contribution in [0.3, 0.4) is 0 Å². The molecule has 0 fully saturated rings. The smallest absolute Gasteiger partial charge is 0.227 e. The molecule has 1 atom stereocenters. The monoisotopic (exact) mass is 263 g/mol. The number of anilines is 1. The Morgan fingerprint density at radius 2 is 1.89 bits per heavy atom. The lowest BCUT2D eigenvalue weighted by molar-refractivity contribution is -0.120. The molecule has 1 rings (SSSR count). The van der Waals surface area contributed by atoms with Gasteiger partial charge in [-0.25, -0.2) is 0 Å². The highest BCUT2D eigenvalue weighted by atomic mass is 16.2. The molecule has 5 heteroatoms. The van der Waals surface area contributed by atoms with Gasteiger partial charge in [-0.1, -0.05) is 19.1 Å². The van der Waals surface area contributed by atoms with Gasteiger partial charge in [0.1, 0.15) is 0 Å². The summed E-state index contributed by atoms with van der Waals surface area (Å²) in [6.45, 7) is 2.35. The van der Waals surface area contributed by atoms with Gasteiger partial charge in [-0.15, -0.1) is 0 Å². The van der Waals surface area contributed by atoms with Crippen molar-refractivity contribution in [2.24, 2.45) is 11.7 Å². The maximum Gasteiger partial charge on any atom is 0.227 e. The SMILES string of the molecule is CNC(=O)Cc1ccc(NC(=O)C(C)CCN)cc1. The fourth-order valence-electron chi connectivity index (χ4n) is 1.63. The van der Waals surface area contributed by atoms with Crippen molar-refractivity contribution in [1.82, 2.24) is 5.32 Å². The number of amides is 2. The van der Waals surface area contributed by atoms with E-state index in [0.29, 0.717) is 19.4 Å². The number of nitrogens with one attached hydrogen (secondary N) is 2. The fourth-order valence-corrected chi connectivity index (χ4v) is 1.63. The number of likely N-dealkylation sites (N-methyl/N-ethyl adjacent to an activating group) is 1. The first kappa shape index (κ1) is 15.2.